The summed E-state index contributed by atoms with van der Waals surface area (Å²) in [4.78, 5) is 49.1. The van der Waals surface area contributed by atoms with Crippen molar-refractivity contribution >= 4 is 35.7 Å². The van der Waals surface area contributed by atoms with Gasteiger partial charge in [-0.15, -0.1) is 0 Å². The predicted octanol–water partition coefficient (Wildman–Crippen LogP) is 3.97. The molecule has 2 aliphatic heterocycles. The number of carbonyl (C=O) groups excluding carboxylic acids is 3. The summed E-state index contributed by atoms with van der Waals surface area (Å²) >= 11 is 0. The van der Waals surface area contributed by atoms with Crippen LogP contribution in [0.15, 0.2) is 30.5 Å². The van der Waals surface area contributed by atoms with Crippen molar-refractivity contribution in [2.45, 2.75) is 63.2 Å². The lowest BCUT2D eigenvalue weighted by molar-refractivity contribution is -0.137. The molecule has 1 aliphatic carbocycles. The molecule has 3 N–H and O–H groups in total. The maximum absolute atomic E-state index is 13.9. The Labute approximate surface area is 261 Å². The fraction of sp³-hybridized carbons (Fsp3) is 0.581. The fourth-order valence-corrected chi connectivity index (χ4v) is 6.11. The Hall–Kier alpha value is -3.94. The number of anilines is 3. The smallest absolute Gasteiger partial charge is 0.366 e. The van der Waals surface area contributed by atoms with Gasteiger partial charge in [-0.2, -0.15) is 18.2 Å². The summed E-state index contributed by atoms with van der Waals surface area (Å²) < 4.78 is 41.6. The van der Waals surface area contributed by atoms with Crippen LogP contribution in [0.5, 0.6) is 0 Å². The third-order valence-electron chi connectivity index (χ3n) is 8.73. The van der Waals surface area contributed by atoms with Crippen LogP contribution in [0, 0.1) is 5.92 Å². The average Bonchev–Trinajstić information content (AvgIpc) is 3.74. The van der Waals surface area contributed by atoms with Gasteiger partial charge in [0.1, 0.15) is 11.4 Å². The van der Waals surface area contributed by atoms with Gasteiger partial charge in [0.25, 0.3) is 5.91 Å². The van der Waals surface area contributed by atoms with Gasteiger partial charge in [0.15, 0.2) is 0 Å². The van der Waals surface area contributed by atoms with Crippen LogP contribution in [0.1, 0.15) is 60.9 Å². The Bertz CT molecular complexity index is 1300. The van der Waals surface area contributed by atoms with E-state index in [-0.39, 0.29) is 35.5 Å². The standard InChI is InChI=1S/C29H38F3N7O2.C2H5NO/c1-37-16-12-21(13-17-37)38(2)26(40)19-8-10-20(11-9-19)34-28-33-18-23(29(30,31)32)25(36-28)35-24-7-5-6-22(24)27(41)39-14-3-4-15-39;1-3-2-4/h8-11,18,21-22,24H,3-7,12-17H2,1-2H3,(H2,33,34,35,36);2H,1H3,(H,3,4). The predicted molar refractivity (Wildman–Crippen MR) is 165 cm³/mol. The highest BCUT2D eigenvalue weighted by atomic mass is 19.4. The molecule has 2 saturated heterocycles. The van der Waals surface area contributed by atoms with Gasteiger partial charge in [0.2, 0.25) is 18.3 Å². The first-order valence-corrected chi connectivity index (χ1v) is 15.4. The van der Waals surface area contributed by atoms with Crippen molar-refractivity contribution in [3.63, 3.8) is 0 Å². The maximum Gasteiger partial charge on any atom is 0.421 e. The van der Waals surface area contributed by atoms with Crippen LogP contribution in [-0.4, -0.2) is 102 Å². The van der Waals surface area contributed by atoms with E-state index < -0.39 is 17.8 Å². The summed E-state index contributed by atoms with van der Waals surface area (Å²) in [6.07, 6.45) is 2.49. The highest BCUT2D eigenvalue weighted by Crippen LogP contribution is 2.37. The maximum atomic E-state index is 13.9. The molecule has 3 fully saturated rings. The lowest BCUT2D eigenvalue weighted by Crippen LogP contribution is -2.44. The molecule has 5 rings (SSSR count). The summed E-state index contributed by atoms with van der Waals surface area (Å²) in [5, 5.41) is 8.16. The number of aromatic nitrogens is 2. The van der Waals surface area contributed by atoms with Gasteiger partial charge in [0.05, 0.1) is 5.92 Å². The molecule has 1 aromatic heterocycles. The summed E-state index contributed by atoms with van der Waals surface area (Å²) in [5.41, 5.74) is 0.0972. The molecule has 3 amide bonds. The third kappa shape index (κ3) is 8.83. The van der Waals surface area contributed by atoms with E-state index in [0.29, 0.717) is 43.6 Å². The average molecular weight is 633 g/mol. The van der Waals surface area contributed by atoms with Gasteiger partial charge < -0.3 is 30.7 Å². The molecule has 1 aromatic carbocycles. The number of hydrogen-bond donors (Lipinski definition) is 3. The third-order valence-corrected chi connectivity index (χ3v) is 8.73. The molecule has 1 saturated carbocycles. The molecular weight excluding hydrogens is 589 g/mol. The molecule has 2 aromatic rings. The number of nitrogens with zero attached hydrogens (tertiary/aromatic N) is 5. The number of halogens is 3. The van der Waals surface area contributed by atoms with Crippen molar-refractivity contribution in [3.8, 4) is 0 Å². The first-order chi connectivity index (χ1) is 21.5. The molecule has 2 atom stereocenters. The number of hydrogen-bond acceptors (Lipinski definition) is 8. The molecule has 0 spiro atoms. The number of amides is 3. The molecule has 2 unspecified atom stereocenters. The second-order valence-electron chi connectivity index (χ2n) is 11.8. The zero-order valence-electron chi connectivity index (χ0n) is 26.1. The van der Waals surface area contributed by atoms with Gasteiger partial charge in [-0.3, -0.25) is 14.4 Å². The van der Waals surface area contributed by atoms with Gasteiger partial charge in [-0.1, -0.05) is 6.42 Å². The SMILES string of the molecule is CN1CCC(N(C)C(=O)c2ccc(Nc3ncc(C(F)(F)F)c(NC4CCCC4C(=O)N4CCCC4)n3)cc2)CC1.CNC=O. The summed E-state index contributed by atoms with van der Waals surface area (Å²) in [6, 6.07) is 6.50. The van der Waals surface area contributed by atoms with Crippen LogP contribution in [0.3, 0.4) is 0 Å². The van der Waals surface area contributed by atoms with E-state index >= 15 is 0 Å². The van der Waals surface area contributed by atoms with Crippen molar-refractivity contribution in [2.24, 2.45) is 5.92 Å². The van der Waals surface area contributed by atoms with E-state index in [2.05, 4.69) is 37.9 Å². The number of piperidine rings is 1. The van der Waals surface area contributed by atoms with Gasteiger partial charge >= 0.3 is 6.18 Å². The number of likely N-dealkylation sites (tertiary alicyclic amines) is 2. The monoisotopic (exact) mass is 632 g/mol. The number of carbonyl (C=O) groups is 3. The van der Waals surface area contributed by atoms with Gasteiger partial charge in [-0.05, 0) is 82.9 Å². The first kappa shape index (κ1) is 33.9. The Morgan fingerprint density at radius 3 is 2.24 bits per heavy atom. The number of alkyl halides is 3. The zero-order valence-corrected chi connectivity index (χ0v) is 26.1. The van der Waals surface area contributed by atoms with E-state index in [0.717, 1.165) is 51.4 Å². The Morgan fingerprint density at radius 2 is 1.64 bits per heavy atom. The zero-order chi connectivity index (χ0) is 32.6. The summed E-state index contributed by atoms with van der Waals surface area (Å²) in [5.74, 6) is -0.790. The second-order valence-corrected chi connectivity index (χ2v) is 11.8. The van der Waals surface area contributed by atoms with E-state index in [1.807, 2.05) is 11.9 Å². The number of nitrogens with one attached hydrogen (secondary N) is 3. The minimum Gasteiger partial charge on any atom is -0.366 e. The van der Waals surface area contributed by atoms with Gasteiger partial charge in [-0.25, -0.2) is 4.98 Å². The molecule has 0 bridgehead atoms. The van der Waals surface area contributed by atoms with Crippen molar-refractivity contribution in [1.29, 1.82) is 0 Å². The normalized spacial score (nSPS) is 20.6. The van der Waals surface area contributed by atoms with Crippen molar-refractivity contribution in [1.82, 2.24) is 30.0 Å². The molecule has 14 heteroatoms. The molecule has 11 nitrogen and oxygen atoms in total. The molecule has 246 valence electrons. The number of benzene rings is 1. The van der Waals surface area contributed by atoms with Crippen LogP contribution >= 0.6 is 0 Å². The molecule has 3 heterocycles. The molecular formula is C31H43F3N8O3. The Kier molecular flexibility index (Phi) is 11.6. The minimum atomic E-state index is -4.66. The van der Waals surface area contributed by atoms with Crippen molar-refractivity contribution < 1.29 is 27.6 Å². The minimum absolute atomic E-state index is 0.00886. The van der Waals surface area contributed by atoms with Crippen LogP contribution in [0.2, 0.25) is 0 Å². The Morgan fingerprint density at radius 1 is 1.00 bits per heavy atom. The number of rotatable bonds is 8. The van der Waals surface area contributed by atoms with Crippen LogP contribution in [0.4, 0.5) is 30.6 Å². The van der Waals surface area contributed by atoms with Crippen LogP contribution in [0.25, 0.3) is 0 Å². The molecule has 3 aliphatic rings. The Balaban J connectivity index is 0.00000109. The second kappa shape index (κ2) is 15.4. The highest BCUT2D eigenvalue weighted by molar-refractivity contribution is 5.94. The van der Waals surface area contributed by atoms with Crippen LogP contribution in [-0.2, 0) is 15.8 Å². The lowest BCUT2D eigenvalue weighted by atomic mass is 10.0. The van der Waals surface area contributed by atoms with E-state index in [1.54, 1.807) is 36.2 Å². The van der Waals surface area contributed by atoms with E-state index in [9.17, 15) is 22.8 Å². The topological polar surface area (TPSA) is 123 Å². The van der Waals surface area contributed by atoms with E-state index in [1.165, 1.54) is 0 Å². The first-order valence-electron chi connectivity index (χ1n) is 15.4. The quantitative estimate of drug-likeness (QED) is 0.374. The van der Waals surface area contributed by atoms with Crippen molar-refractivity contribution in [2.75, 3.05) is 58.0 Å². The largest absolute Gasteiger partial charge is 0.421 e. The highest BCUT2D eigenvalue weighted by Gasteiger charge is 2.40. The van der Waals surface area contributed by atoms with Crippen LogP contribution < -0.4 is 16.0 Å². The summed E-state index contributed by atoms with van der Waals surface area (Å²) in [6.45, 7) is 3.31. The molecule has 0 radical (unpaired) electrons. The summed E-state index contributed by atoms with van der Waals surface area (Å²) in [7, 11) is 5.46. The molecule has 45 heavy (non-hydrogen) atoms. The fourth-order valence-electron chi connectivity index (χ4n) is 6.11. The van der Waals surface area contributed by atoms with Crippen molar-refractivity contribution in [3.05, 3.63) is 41.6 Å². The lowest BCUT2D eigenvalue weighted by Gasteiger charge is -2.35. The van der Waals surface area contributed by atoms with E-state index in [4.69, 9.17) is 4.79 Å². The van der Waals surface area contributed by atoms with Gasteiger partial charge in [0, 0.05) is 56.7 Å².